The molecule has 110 valence electrons. The van der Waals surface area contributed by atoms with Crippen molar-refractivity contribution in [1.82, 2.24) is 5.32 Å². The van der Waals surface area contributed by atoms with Crippen LogP contribution < -0.4 is 10.1 Å². The molecule has 0 saturated carbocycles. The topological polar surface area (TPSA) is 30.5 Å². The molecule has 0 amide bonds. The van der Waals surface area contributed by atoms with Gasteiger partial charge >= 0.3 is 0 Å². The van der Waals surface area contributed by atoms with Gasteiger partial charge in [0, 0.05) is 6.04 Å². The fourth-order valence-electron chi connectivity index (χ4n) is 2.31. The molecule has 1 aliphatic heterocycles. The third-order valence-corrected chi connectivity index (χ3v) is 3.63. The van der Waals surface area contributed by atoms with E-state index in [1.54, 1.807) is 6.07 Å². The quantitative estimate of drug-likeness (QED) is 0.811. The normalized spacial score (nSPS) is 16.6. The van der Waals surface area contributed by atoms with Crippen molar-refractivity contribution in [3.63, 3.8) is 0 Å². The van der Waals surface area contributed by atoms with Gasteiger partial charge in [-0.25, -0.2) is 4.39 Å². The minimum atomic E-state index is -0.314. The van der Waals surface area contributed by atoms with Gasteiger partial charge in [0.1, 0.15) is 0 Å². The molecule has 4 heteroatoms. The number of ether oxygens (including phenoxy) is 2. The standard InChI is InChI=1S/C16H22FNO2/c1-12(14-3-4-16(19-2)15(17)11-14)18-8-5-13-6-9-20-10-7-13/h3-4,6,11-12,18H,5,7-10H2,1-2H3. The molecule has 0 spiro atoms. The van der Waals surface area contributed by atoms with Crippen LogP contribution in [-0.4, -0.2) is 26.9 Å². The van der Waals surface area contributed by atoms with E-state index >= 15 is 0 Å². The maximum Gasteiger partial charge on any atom is 0.165 e. The Labute approximate surface area is 119 Å². The van der Waals surface area contributed by atoms with Crippen LogP contribution in [0.15, 0.2) is 29.8 Å². The van der Waals surface area contributed by atoms with Gasteiger partial charge in [-0.05, 0) is 44.0 Å². The number of methoxy groups -OCH3 is 1. The molecule has 1 aliphatic rings. The van der Waals surface area contributed by atoms with Crippen LogP contribution in [0.5, 0.6) is 5.75 Å². The summed E-state index contributed by atoms with van der Waals surface area (Å²) in [6, 6.07) is 5.22. The number of rotatable bonds is 6. The molecule has 1 atom stereocenters. The Kier molecular flexibility index (Phi) is 5.56. The maximum absolute atomic E-state index is 13.6. The summed E-state index contributed by atoms with van der Waals surface area (Å²) < 4.78 is 23.9. The first-order valence-corrected chi connectivity index (χ1v) is 7.03. The molecule has 0 aromatic heterocycles. The van der Waals surface area contributed by atoms with Gasteiger partial charge in [-0.15, -0.1) is 0 Å². The van der Waals surface area contributed by atoms with Crippen LogP contribution >= 0.6 is 0 Å². The molecule has 20 heavy (non-hydrogen) atoms. The van der Waals surface area contributed by atoms with Crippen LogP contribution in [0.1, 0.15) is 31.4 Å². The first-order valence-electron chi connectivity index (χ1n) is 7.03. The van der Waals surface area contributed by atoms with E-state index in [1.807, 2.05) is 13.0 Å². The van der Waals surface area contributed by atoms with E-state index in [0.717, 1.165) is 38.2 Å². The van der Waals surface area contributed by atoms with Crippen molar-refractivity contribution in [2.45, 2.75) is 25.8 Å². The van der Waals surface area contributed by atoms with Crippen LogP contribution in [0, 0.1) is 5.82 Å². The highest BCUT2D eigenvalue weighted by Crippen LogP contribution is 2.22. The molecule has 3 nitrogen and oxygen atoms in total. The summed E-state index contributed by atoms with van der Waals surface area (Å²) in [5.41, 5.74) is 2.38. The van der Waals surface area contributed by atoms with Gasteiger partial charge in [0.05, 0.1) is 20.3 Å². The summed E-state index contributed by atoms with van der Waals surface area (Å²) in [5.74, 6) is -0.0286. The van der Waals surface area contributed by atoms with Crippen molar-refractivity contribution >= 4 is 0 Å². The number of halogens is 1. The monoisotopic (exact) mass is 279 g/mol. The lowest BCUT2D eigenvalue weighted by Gasteiger charge is -2.17. The Bertz CT molecular complexity index is 474. The number of nitrogens with one attached hydrogen (secondary N) is 1. The molecule has 0 aliphatic carbocycles. The van der Waals surface area contributed by atoms with Crippen LogP contribution in [0.4, 0.5) is 4.39 Å². The van der Waals surface area contributed by atoms with Gasteiger partial charge in [0.15, 0.2) is 11.6 Å². The van der Waals surface area contributed by atoms with Crippen LogP contribution in [-0.2, 0) is 4.74 Å². The highest BCUT2D eigenvalue weighted by atomic mass is 19.1. The van der Waals surface area contributed by atoms with E-state index in [-0.39, 0.29) is 17.6 Å². The Morgan fingerprint density at radius 2 is 2.30 bits per heavy atom. The Balaban J connectivity index is 1.83. The molecule has 0 radical (unpaired) electrons. The molecule has 1 aromatic rings. The highest BCUT2D eigenvalue weighted by Gasteiger charge is 2.10. The smallest absolute Gasteiger partial charge is 0.165 e. The summed E-state index contributed by atoms with van der Waals surface area (Å²) in [5, 5.41) is 3.42. The van der Waals surface area contributed by atoms with Crippen molar-refractivity contribution in [2.75, 3.05) is 26.9 Å². The summed E-state index contributed by atoms with van der Waals surface area (Å²) in [6.45, 7) is 4.49. The summed E-state index contributed by atoms with van der Waals surface area (Å²) in [4.78, 5) is 0. The molecule has 0 saturated heterocycles. The Morgan fingerprint density at radius 1 is 1.45 bits per heavy atom. The van der Waals surface area contributed by atoms with Gasteiger partial charge in [0.25, 0.3) is 0 Å². The average molecular weight is 279 g/mol. The summed E-state index contributed by atoms with van der Waals surface area (Å²) in [6.07, 6.45) is 4.20. The Hall–Kier alpha value is -1.39. The number of hydrogen-bond donors (Lipinski definition) is 1. The zero-order chi connectivity index (χ0) is 14.4. The van der Waals surface area contributed by atoms with Crippen molar-refractivity contribution < 1.29 is 13.9 Å². The molecule has 1 N–H and O–H groups in total. The van der Waals surface area contributed by atoms with E-state index in [4.69, 9.17) is 9.47 Å². The minimum absolute atomic E-state index is 0.121. The minimum Gasteiger partial charge on any atom is -0.494 e. The van der Waals surface area contributed by atoms with Crippen molar-refractivity contribution in [3.05, 3.63) is 41.2 Å². The fourth-order valence-corrected chi connectivity index (χ4v) is 2.31. The lowest BCUT2D eigenvalue weighted by atomic mass is 10.1. The zero-order valence-corrected chi connectivity index (χ0v) is 12.1. The van der Waals surface area contributed by atoms with Crippen molar-refractivity contribution in [1.29, 1.82) is 0 Å². The Morgan fingerprint density at radius 3 is 2.95 bits per heavy atom. The van der Waals surface area contributed by atoms with E-state index in [0.29, 0.717) is 0 Å². The number of hydrogen-bond acceptors (Lipinski definition) is 3. The van der Waals surface area contributed by atoms with Crippen LogP contribution in [0.25, 0.3) is 0 Å². The van der Waals surface area contributed by atoms with E-state index < -0.39 is 0 Å². The van der Waals surface area contributed by atoms with Crippen LogP contribution in [0.3, 0.4) is 0 Å². The largest absolute Gasteiger partial charge is 0.494 e. The third kappa shape index (κ3) is 4.05. The van der Waals surface area contributed by atoms with Crippen LogP contribution in [0.2, 0.25) is 0 Å². The second kappa shape index (κ2) is 7.41. The van der Waals surface area contributed by atoms with Gasteiger partial charge in [-0.2, -0.15) is 0 Å². The molecule has 0 bridgehead atoms. The fraction of sp³-hybridized carbons (Fsp3) is 0.500. The van der Waals surface area contributed by atoms with E-state index in [2.05, 4.69) is 11.4 Å². The first-order chi connectivity index (χ1) is 9.70. The zero-order valence-electron chi connectivity index (χ0n) is 12.1. The molecule has 1 unspecified atom stereocenters. The lowest BCUT2D eigenvalue weighted by molar-refractivity contribution is 0.153. The van der Waals surface area contributed by atoms with Gasteiger partial charge in [0.2, 0.25) is 0 Å². The van der Waals surface area contributed by atoms with Gasteiger partial charge in [-0.3, -0.25) is 0 Å². The molecule has 1 aromatic carbocycles. The predicted octanol–water partition coefficient (Wildman–Crippen LogP) is 3.22. The molecule has 0 fully saturated rings. The maximum atomic E-state index is 13.6. The second-order valence-electron chi connectivity index (χ2n) is 5.01. The summed E-state index contributed by atoms with van der Waals surface area (Å²) >= 11 is 0. The average Bonchev–Trinajstić information content (AvgIpc) is 2.48. The highest BCUT2D eigenvalue weighted by molar-refractivity contribution is 5.30. The molecular weight excluding hydrogens is 257 g/mol. The number of benzene rings is 1. The van der Waals surface area contributed by atoms with E-state index in [9.17, 15) is 4.39 Å². The first kappa shape index (κ1) is 15.0. The summed E-state index contributed by atoms with van der Waals surface area (Å²) in [7, 11) is 1.47. The van der Waals surface area contributed by atoms with E-state index in [1.165, 1.54) is 18.7 Å². The molecule has 1 heterocycles. The SMILES string of the molecule is COc1ccc(C(C)NCCC2=CCOCC2)cc1F. The van der Waals surface area contributed by atoms with Gasteiger partial charge in [-0.1, -0.05) is 17.7 Å². The lowest BCUT2D eigenvalue weighted by Crippen LogP contribution is -2.21. The second-order valence-corrected chi connectivity index (χ2v) is 5.01. The predicted molar refractivity (Wildman–Crippen MR) is 77.5 cm³/mol. The van der Waals surface area contributed by atoms with Gasteiger partial charge < -0.3 is 14.8 Å². The molecule has 2 rings (SSSR count). The van der Waals surface area contributed by atoms with Crippen molar-refractivity contribution in [3.8, 4) is 5.75 Å². The van der Waals surface area contributed by atoms with Crippen molar-refractivity contribution in [2.24, 2.45) is 0 Å². The third-order valence-electron chi connectivity index (χ3n) is 3.63. The molecular formula is C16H22FNO2.